The smallest absolute Gasteiger partial charge is 0.254 e. The average molecular weight is 396 g/mol. The van der Waals surface area contributed by atoms with Crippen molar-refractivity contribution in [3.63, 3.8) is 0 Å². The zero-order valence-corrected chi connectivity index (χ0v) is 16.7. The van der Waals surface area contributed by atoms with Crippen LogP contribution in [0.25, 0.3) is 10.9 Å². The van der Waals surface area contributed by atoms with Crippen molar-refractivity contribution in [2.75, 3.05) is 34.5 Å². The number of hydrogen-bond acceptors (Lipinski definition) is 5. The number of nitrogens with zero attached hydrogens (tertiary/aromatic N) is 1. The van der Waals surface area contributed by atoms with E-state index in [4.69, 9.17) is 14.2 Å². The summed E-state index contributed by atoms with van der Waals surface area (Å²) in [6.45, 7) is 0.835. The van der Waals surface area contributed by atoms with Gasteiger partial charge >= 0.3 is 0 Å². The number of H-pyrrole nitrogens is 1. The highest BCUT2D eigenvalue weighted by Crippen LogP contribution is 2.24. The van der Waals surface area contributed by atoms with Gasteiger partial charge in [0.2, 0.25) is 0 Å². The number of pyridine rings is 1. The number of carbonyl (C=O) groups is 1. The number of para-hydroxylation sites is 1. The van der Waals surface area contributed by atoms with Crippen molar-refractivity contribution in [3.05, 3.63) is 70.0 Å². The van der Waals surface area contributed by atoms with Gasteiger partial charge in [0.05, 0.1) is 27.4 Å². The zero-order valence-electron chi connectivity index (χ0n) is 16.7. The molecule has 7 nitrogen and oxygen atoms in total. The Morgan fingerprint density at radius 2 is 1.69 bits per heavy atom. The van der Waals surface area contributed by atoms with E-state index in [1.807, 2.05) is 30.3 Å². The molecule has 0 saturated heterocycles. The highest BCUT2D eigenvalue weighted by atomic mass is 16.5. The van der Waals surface area contributed by atoms with Gasteiger partial charge in [0.25, 0.3) is 11.5 Å². The number of rotatable bonds is 8. The van der Waals surface area contributed by atoms with Gasteiger partial charge in [-0.2, -0.15) is 0 Å². The highest BCUT2D eigenvalue weighted by Gasteiger charge is 2.19. The molecule has 0 unspecified atom stereocenters. The summed E-state index contributed by atoms with van der Waals surface area (Å²) in [5.74, 6) is 0.790. The summed E-state index contributed by atoms with van der Waals surface area (Å²) in [5, 5.41) is 0.907. The second-order valence-electron chi connectivity index (χ2n) is 6.53. The summed E-state index contributed by atoms with van der Waals surface area (Å²) < 4.78 is 15.7. The van der Waals surface area contributed by atoms with Crippen LogP contribution < -0.4 is 15.0 Å². The number of benzene rings is 2. The SMILES string of the molecule is COCCN(Cc1cc2ccccc2[nH]c1=O)C(=O)c1cc(OC)cc(OC)c1. The van der Waals surface area contributed by atoms with Gasteiger partial charge in [-0.15, -0.1) is 0 Å². The molecule has 3 aromatic rings. The number of ether oxygens (including phenoxy) is 3. The van der Waals surface area contributed by atoms with Crippen molar-refractivity contribution >= 4 is 16.8 Å². The zero-order chi connectivity index (χ0) is 20.8. The molecule has 0 aliphatic rings. The number of carbonyl (C=O) groups excluding carboxylic acids is 1. The Balaban J connectivity index is 1.95. The van der Waals surface area contributed by atoms with Crippen LogP contribution in [-0.4, -0.2) is 50.3 Å². The molecule has 0 radical (unpaired) electrons. The summed E-state index contributed by atoms with van der Waals surface area (Å²) in [6, 6.07) is 14.3. The van der Waals surface area contributed by atoms with Gasteiger partial charge in [-0.05, 0) is 29.7 Å². The first-order valence-corrected chi connectivity index (χ1v) is 9.18. The number of amides is 1. The minimum Gasteiger partial charge on any atom is -0.497 e. The van der Waals surface area contributed by atoms with Crippen LogP contribution in [0, 0.1) is 0 Å². The van der Waals surface area contributed by atoms with Gasteiger partial charge in [-0.3, -0.25) is 9.59 Å². The predicted molar refractivity (Wildman–Crippen MR) is 111 cm³/mol. The van der Waals surface area contributed by atoms with E-state index in [1.165, 1.54) is 14.2 Å². The monoisotopic (exact) mass is 396 g/mol. The number of nitrogens with one attached hydrogen (secondary N) is 1. The molecule has 2 aromatic carbocycles. The Bertz CT molecular complexity index is 1040. The van der Waals surface area contributed by atoms with E-state index in [-0.39, 0.29) is 18.0 Å². The quantitative estimate of drug-likeness (QED) is 0.633. The molecular weight excluding hydrogens is 372 g/mol. The highest BCUT2D eigenvalue weighted by molar-refractivity contribution is 5.95. The number of methoxy groups -OCH3 is 3. The first kappa shape index (κ1) is 20.4. The summed E-state index contributed by atoms with van der Waals surface area (Å²) in [4.78, 5) is 30.2. The van der Waals surface area contributed by atoms with Gasteiger partial charge in [-0.1, -0.05) is 18.2 Å². The molecule has 1 aromatic heterocycles. The maximum Gasteiger partial charge on any atom is 0.254 e. The fraction of sp³-hybridized carbons (Fsp3) is 0.273. The third kappa shape index (κ3) is 4.75. The van der Waals surface area contributed by atoms with Crippen molar-refractivity contribution in [2.45, 2.75) is 6.54 Å². The maximum absolute atomic E-state index is 13.2. The first-order chi connectivity index (χ1) is 14.0. The number of aromatic nitrogens is 1. The number of fused-ring (bicyclic) bond motifs is 1. The third-order valence-corrected chi connectivity index (χ3v) is 4.64. The second-order valence-corrected chi connectivity index (χ2v) is 6.53. The van der Waals surface area contributed by atoms with Crippen LogP contribution in [0.5, 0.6) is 11.5 Å². The minimum atomic E-state index is -0.244. The van der Waals surface area contributed by atoms with Crippen LogP contribution in [0.3, 0.4) is 0 Å². The van der Waals surface area contributed by atoms with Crippen LogP contribution in [-0.2, 0) is 11.3 Å². The molecule has 0 fully saturated rings. The largest absolute Gasteiger partial charge is 0.497 e. The van der Waals surface area contributed by atoms with Gasteiger partial charge in [0, 0.05) is 36.4 Å². The summed E-state index contributed by atoms with van der Waals surface area (Å²) in [6.07, 6.45) is 0. The molecule has 0 aliphatic heterocycles. The van der Waals surface area contributed by atoms with Crippen molar-refractivity contribution in [2.24, 2.45) is 0 Å². The average Bonchev–Trinajstić information content (AvgIpc) is 2.75. The van der Waals surface area contributed by atoms with Crippen LogP contribution >= 0.6 is 0 Å². The van der Waals surface area contributed by atoms with Gasteiger partial charge in [0.15, 0.2) is 0 Å². The van der Waals surface area contributed by atoms with Crippen molar-refractivity contribution in [1.82, 2.24) is 9.88 Å². The van der Waals surface area contributed by atoms with Gasteiger partial charge in [0.1, 0.15) is 11.5 Å². The molecule has 7 heteroatoms. The lowest BCUT2D eigenvalue weighted by molar-refractivity contribution is 0.0679. The molecule has 0 atom stereocenters. The maximum atomic E-state index is 13.2. The van der Waals surface area contributed by atoms with Crippen molar-refractivity contribution < 1.29 is 19.0 Å². The van der Waals surface area contributed by atoms with Gasteiger partial charge < -0.3 is 24.1 Å². The molecule has 0 spiro atoms. The first-order valence-electron chi connectivity index (χ1n) is 9.18. The lowest BCUT2D eigenvalue weighted by Crippen LogP contribution is -2.35. The van der Waals surface area contributed by atoms with Crippen molar-refractivity contribution in [1.29, 1.82) is 0 Å². The van der Waals surface area contributed by atoms with Crippen LogP contribution in [0.2, 0.25) is 0 Å². The van der Waals surface area contributed by atoms with E-state index in [0.29, 0.717) is 35.8 Å². The Labute approximate surface area is 168 Å². The molecule has 1 heterocycles. The normalized spacial score (nSPS) is 10.7. The predicted octanol–water partition coefficient (Wildman–Crippen LogP) is 2.83. The summed E-state index contributed by atoms with van der Waals surface area (Å²) in [5.41, 5.74) is 1.45. The van der Waals surface area contributed by atoms with E-state index in [1.54, 1.807) is 30.2 Å². The van der Waals surface area contributed by atoms with E-state index >= 15 is 0 Å². The minimum absolute atomic E-state index is 0.155. The lowest BCUT2D eigenvalue weighted by atomic mass is 10.1. The van der Waals surface area contributed by atoms with Crippen LogP contribution in [0.15, 0.2) is 53.3 Å². The van der Waals surface area contributed by atoms with Crippen LogP contribution in [0.1, 0.15) is 15.9 Å². The molecule has 0 saturated carbocycles. The Morgan fingerprint density at radius 3 is 2.34 bits per heavy atom. The van der Waals surface area contributed by atoms with Gasteiger partial charge in [-0.25, -0.2) is 0 Å². The molecule has 1 N–H and O–H groups in total. The Kier molecular flexibility index (Phi) is 6.51. The molecule has 0 aliphatic carbocycles. The van der Waals surface area contributed by atoms with E-state index < -0.39 is 0 Å². The van der Waals surface area contributed by atoms with Crippen LogP contribution in [0.4, 0.5) is 0 Å². The Morgan fingerprint density at radius 1 is 1.00 bits per heavy atom. The molecule has 152 valence electrons. The fourth-order valence-corrected chi connectivity index (χ4v) is 3.08. The Hall–Kier alpha value is -3.32. The van der Waals surface area contributed by atoms with E-state index in [0.717, 1.165) is 10.9 Å². The second kappa shape index (κ2) is 9.25. The third-order valence-electron chi connectivity index (χ3n) is 4.64. The van der Waals surface area contributed by atoms with E-state index in [9.17, 15) is 9.59 Å². The number of hydrogen-bond donors (Lipinski definition) is 1. The lowest BCUT2D eigenvalue weighted by Gasteiger charge is -2.23. The molecule has 29 heavy (non-hydrogen) atoms. The number of aromatic amines is 1. The standard InChI is InChI=1S/C22H24N2O5/c1-27-9-8-24(22(26)16-11-18(28-2)13-19(12-16)29-3)14-17-10-15-6-4-5-7-20(15)23-21(17)25/h4-7,10-13H,8-9,14H2,1-3H3,(H,23,25). The van der Waals surface area contributed by atoms with Crippen molar-refractivity contribution in [3.8, 4) is 11.5 Å². The summed E-state index contributed by atoms with van der Waals surface area (Å²) >= 11 is 0. The topological polar surface area (TPSA) is 80.9 Å². The summed E-state index contributed by atoms with van der Waals surface area (Å²) in [7, 11) is 4.63. The molecule has 0 bridgehead atoms. The fourth-order valence-electron chi connectivity index (χ4n) is 3.08. The molecule has 1 amide bonds. The van der Waals surface area contributed by atoms with E-state index in [2.05, 4.69) is 4.98 Å². The molecular formula is C22H24N2O5. The molecule has 3 rings (SSSR count).